The summed E-state index contributed by atoms with van der Waals surface area (Å²) in [5.74, 6) is 0.0559. The smallest absolute Gasteiger partial charge is 0.251 e. The third-order valence-corrected chi connectivity index (χ3v) is 5.79. The molecule has 0 aliphatic heterocycles. The van der Waals surface area contributed by atoms with E-state index in [4.69, 9.17) is 0 Å². The number of pyridine rings is 1. The van der Waals surface area contributed by atoms with E-state index in [0.29, 0.717) is 31.0 Å². The van der Waals surface area contributed by atoms with Crippen LogP contribution in [0.5, 0.6) is 0 Å². The van der Waals surface area contributed by atoms with Crippen molar-refractivity contribution in [1.29, 1.82) is 0 Å². The van der Waals surface area contributed by atoms with Gasteiger partial charge in [-0.2, -0.15) is 0 Å². The fraction of sp³-hybridized carbons (Fsp3) is 0.368. The molecule has 26 heavy (non-hydrogen) atoms. The Morgan fingerprint density at radius 3 is 2.54 bits per heavy atom. The first-order chi connectivity index (χ1) is 12.3. The third kappa shape index (κ3) is 5.37. The van der Waals surface area contributed by atoms with Crippen molar-refractivity contribution in [2.24, 2.45) is 5.92 Å². The highest BCUT2D eigenvalue weighted by atomic mass is 32.2. The van der Waals surface area contributed by atoms with Crippen molar-refractivity contribution >= 4 is 15.9 Å². The van der Waals surface area contributed by atoms with Crippen LogP contribution in [0.1, 0.15) is 29.8 Å². The number of hydrogen-bond donors (Lipinski definition) is 1. The lowest BCUT2D eigenvalue weighted by atomic mass is 10.2. The van der Waals surface area contributed by atoms with Crippen LogP contribution in [0.4, 0.5) is 0 Å². The number of benzene rings is 1. The molecule has 140 valence electrons. The zero-order chi connectivity index (χ0) is 19.2. The number of hydrogen-bond acceptors (Lipinski definition) is 4. The molecule has 0 saturated heterocycles. The van der Waals surface area contributed by atoms with Crippen LogP contribution in [0.3, 0.4) is 0 Å². The number of carbonyl (C=O) groups is 1. The second kappa shape index (κ2) is 8.91. The van der Waals surface area contributed by atoms with Crippen molar-refractivity contribution in [2.75, 3.05) is 20.1 Å². The molecule has 0 radical (unpaired) electrons. The monoisotopic (exact) mass is 375 g/mol. The summed E-state index contributed by atoms with van der Waals surface area (Å²) in [4.78, 5) is 16.3. The zero-order valence-corrected chi connectivity index (χ0v) is 16.2. The summed E-state index contributed by atoms with van der Waals surface area (Å²) in [6.07, 6.45) is 3.96. The summed E-state index contributed by atoms with van der Waals surface area (Å²) in [5.41, 5.74) is 1.36. The Labute approximate surface area is 155 Å². The van der Waals surface area contributed by atoms with Crippen LogP contribution in [0, 0.1) is 5.92 Å². The second-order valence-corrected chi connectivity index (χ2v) is 8.61. The van der Waals surface area contributed by atoms with Gasteiger partial charge in [0.2, 0.25) is 10.0 Å². The molecular weight excluding hydrogens is 350 g/mol. The van der Waals surface area contributed by atoms with E-state index in [1.807, 2.05) is 26.0 Å². The summed E-state index contributed by atoms with van der Waals surface area (Å²) in [6, 6.07) is 9.87. The van der Waals surface area contributed by atoms with E-state index in [-0.39, 0.29) is 10.8 Å². The molecule has 1 aromatic carbocycles. The number of likely N-dealkylation sites (N-methyl/N-ethyl adjacent to an activating group) is 1. The van der Waals surface area contributed by atoms with Crippen LogP contribution in [0.2, 0.25) is 0 Å². The van der Waals surface area contributed by atoms with E-state index < -0.39 is 10.0 Å². The van der Waals surface area contributed by atoms with Gasteiger partial charge in [0.1, 0.15) is 0 Å². The normalized spacial score (nSPS) is 11.7. The molecule has 0 unspecified atom stereocenters. The molecule has 2 rings (SSSR count). The minimum Gasteiger partial charge on any atom is -0.352 e. The van der Waals surface area contributed by atoms with Gasteiger partial charge in [-0.1, -0.05) is 19.9 Å². The maximum Gasteiger partial charge on any atom is 0.251 e. The van der Waals surface area contributed by atoms with E-state index in [1.165, 1.54) is 16.4 Å². The van der Waals surface area contributed by atoms with Gasteiger partial charge in [-0.3, -0.25) is 9.78 Å². The highest BCUT2D eigenvalue weighted by Gasteiger charge is 2.21. The Balaban J connectivity index is 2.10. The summed E-state index contributed by atoms with van der Waals surface area (Å²) >= 11 is 0. The Hall–Kier alpha value is -2.25. The lowest BCUT2D eigenvalue weighted by Crippen LogP contribution is -2.30. The first kappa shape index (κ1) is 20.1. The Morgan fingerprint density at radius 1 is 1.19 bits per heavy atom. The largest absolute Gasteiger partial charge is 0.352 e. The molecule has 7 heteroatoms. The Kier molecular flexibility index (Phi) is 6.88. The van der Waals surface area contributed by atoms with Crippen LogP contribution in [-0.2, 0) is 16.4 Å². The van der Waals surface area contributed by atoms with Gasteiger partial charge < -0.3 is 5.32 Å². The molecule has 0 saturated carbocycles. The molecule has 6 nitrogen and oxygen atoms in total. The summed E-state index contributed by atoms with van der Waals surface area (Å²) in [5, 5.41) is 2.80. The molecular formula is C19H25N3O3S. The van der Waals surface area contributed by atoms with Gasteiger partial charge in [-0.15, -0.1) is 0 Å². The maximum absolute atomic E-state index is 12.8. The number of carbonyl (C=O) groups excluding carboxylic acids is 1. The van der Waals surface area contributed by atoms with Crippen LogP contribution in [0.25, 0.3) is 0 Å². The van der Waals surface area contributed by atoms with Gasteiger partial charge in [0, 0.05) is 38.1 Å². The molecule has 1 aromatic heterocycles. The van der Waals surface area contributed by atoms with Crippen molar-refractivity contribution in [2.45, 2.75) is 25.2 Å². The number of sulfonamides is 1. The fourth-order valence-electron chi connectivity index (χ4n) is 2.33. The zero-order valence-electron chi connectivity index (χ0n) is 15.3. The van der Waals surface area contributed by atoms with Gasteiger partial charge in [-0.05, 0) is 48.2 Å². The molecule has 0 aliphatic carbocycles. The van der Waals surface area contributed by atoms with Crippen molar-refractivity contribution in [3.63, 3.8) is 0 Å². The summed E-state index contributed by atoms with van der Waals surface area (Å²) in [6.45, 7) is 4.88. The maximum atomic E-state index is 12.8. The molecule has 1 heterocycles. The van der Waals surface area contributed by atoms with Gasteiger partial charge in [0.25, 0.3) is 5.91 Å². The molecule has 0 bridgehead atoms. The number of nitrogens with one attached hydrogen (secondary N) is 1. The van der Waals surface area contributed by atoms with Crippen molar-refractivity contribution in [3.05, 3.63) is 59.9 Å². The minimum atomic E-state index is -3.66. The molecule has 2 aromatic rings. The van der Waals surface area contributed by atoms with E-state index in [1.54, 1.807) is 31.6 Å². The molecule has 1 amide bonds. The lowest BCUT2D eigenvalue weighted by molar-refractivity contribution is 0.0949. The highest BCUT2D eigenvalue weighted by Crippen LogP contribution is 2.16. The van der Waals surface area contributed by atoms with Crippen LogP contribution in [-0.4, -0.2) is 43.8 Å². The van der Waals surface area contributed by atoms with Crippen LogP contribution in [0.15, 0.2) is 53.7 Å². The number of rotatable bonds is 8. The minimum absolute atomic E-state index is 0.118. The standard InChI is InChI=1S/C19H25N3O3S/c1-15(2)14-21-19(23)17-5-4-6-18(13-17)26(24,25)22(3)12-9-16-7-10-20-11-8-16/h4-8,10-11,13,15H,9,12,14H2,1-3H3,(H,21,23). The van der Waals surface area contributed by atoms with Crippen molar-refractivity contribution in [3.8, 4) is 0 Å². The van der Waals surface area contributed by atoms with E-state index in [2.05, 4.69) is 10.3 Å². The predicted molar refractivity (Wildman–Crippen MR) is 101 cm³/mol. The number of amides is 1. The van der Waals surface area contributed by atoms with Gasteiger partial charge in [-0.25, -0.2) is 12.7 Å². The second-order valence-electron chi connectivity index (χ2n) is 6.56. The van der Waals surface area contributed by atoms with Crippen molar-refractivity contribution < 1.29 is 13.2 Å². The predicted octanol–water partition coefficient (Wildman–Crippen LogP) is 2.33. The van der Waals surface area contributed by atoms with E-state index >= 15 is 0 Å². The van der Waals surface area contributed by atoms with Crippen LogP contribution < -0.4 is 5.32 Å². The summed E-state index contributed by atoms with van der Waals surface area (Å²) in [7, 11) is -2.12. The SMILES string of the molecule is CC(C)CNC(=O)c1cccc(S(=O)(=O)N(C)CCc2ccncc2)c1. The molecule has 0 atom stereocenters. The number of aromatic nitrogens is 1. The Morgan fingerprint density at radius 2 is 1.88 bits per heavy atom. The molecule has 0 fully saturated rings. The number of nitrogens with zero attached hydrogens (tertiary/aromatic N) is 2. The van der Waals surface area contributed by atoms with Gasteiger partial charge in [0.05, 0.1) is 4.90 Å². The van der Waals surface area contributed by atoms with Gasteiger partial charge in [0.15, 0.2) is 0 Å². The van der Waals surface area contributed by atoms with Crippen LogP contribution >= 0.6 is 0 Å². The lowest BCUT2D eigenvalue weighted by Gasteiger charge is -2.17. The topological polar surface area (TPSA) is 79.4 Å². The van der Waals surface area contributed by atoms with Gasteiger partial charge >= 0.3 is 0 Å². The quantitative estimate of drug-likeness (QED) is 0.768. The fourth-order valence-corrected chi connectivity index (χ4v) is 3.55. The molecule has 0 spiro atoms. The first-order valence-corrected chi connectivity index (χ1v) is 9.98. The highest BCUT2D eigenvalue weighted by molar-refractivity contribution is 7.89. The average Bonchev–Trinajstić information content (AvgIpc) is 2.65. The first-order valence-electron chi connectivity index (χ1n) is 8.54. The average molecular weight is 375 g/mol. The Bertz CT molecular complexity index is 836. The molecule has 1 N–H and O–H groups in total. The molecule has 0 aliphatic rings. The van der Waals surface area contributed by atoms with E-state index in [9.17, 15) is 13.2 Å². The summed E-state index contributed by atoms with van der Waals surface area (Å²) < 4.78 is 26.9. The van der Waals surface area contributed by atoms with E-state index in [0.717, 1.165) is 5.56 Å². The van der Waals surface area contributed by atoms with Crippen molar-refractivity contribution in [1.82, 2.24) is 14.6 Å². The third-order valence-electron chi connectivity index (χ3n) is 3.94.